The van der Waals surface area contributed by atoms with Gasteiger partial charge in [0.05, 0.1) is 89.8 Å². The molecule has 3 unspecified atom stereocenters. The van der Waals surface area contributed by atoms with Crippen molar-refractivity contribution in [3.8, 4) is 40.9 Å². The summed E-state index contributed by atoms with van der Waals surface area (Å²) >= 11 is 2.85. The molecule has 29 heteroatoms. The number of Topliss-reactive ketones (excluding diaryl/α,β-unsaturated/α-hetero) is 3. The second kappa shape index (κ2) is 40.1. The van der Waals surface area contributed by atoms with Gasteiger partial charge in [-0.25, -0.2) is 0 Å². The first-order chi connectivity index (χ1) is 49.2. The number of ketones is 3. The van der Waals surface area contributed by atoms with Crippen molar-refractivity contribution >= 4 is 78.4 Å². The van der Waals surface area contributed by atoms with E-state index in [1.807, 2.05) is 35.6 Å². The Labute approximate surface area is 633 Å². The van der Waals surface area contributed by atoms with Crippen molar-refractivity contribution < 1.29 is 102 Å². The molecule has 4 aliphatic heterocycles. The van der Waals surface area contributed by atoms with Crippen LogP contribution in [0.25, 0.3) is 0 Å². The highest BCUT2D eigenvalue weighted by Crippen LogP contribution is 2.70. The van der Waals surface area contributed by atoms with Crippen LogP contribution < -0.4 is 30.7 Å². The van der Waals surface area contributed by atoms with Crippen LogP contribution >= 0.6 is 55.9 Å². The van der Waals surface area contributed by atoms with E-state index >= 15 is 0 Å². The first kappa shape index (κ1) is 85.6. The van der Waals surface area contributed by atoms with E-state index in [9.17, 15) is 44.7 Å². The number of thioether (sulfide) groups is 1. The number of allylic oxidation sites excluding steroid dienone is 2. The number of carbonyl (C=O) groups is 4. The monoisotopic (exact) mass is 1610 g/mol. The highest BCUT2D eigenvalue weighted by atomic mass is 127. The van der Waals surface area contributed by atoms with E-state index < -0.39 is 132 Å². The molecule has 103 heavy (non-hydrogen) atoms. The molecule has 25 nitrogen and oxygen atoms in total. The Hall–Kier alpha value is -3.04. The largest absolute Gasteiger partial charge is 0.492 e. The maximum absolute atomic E-state index is 14.6. The van der Waals surface area contributed by atoms with Gasteiger partial charge >= 0.3 is 0 Å². The van der Waals surface area contributed by atoms with Crippen LogP contribution in [0.3, 0.4) is 0 Å². The van der Waals surface area contributed by atoms with Crippen LogP contribution in [0, 0.1) is 51.4 Å². The Morgan fingerprint density at radius 1 is 0.854 bits per heavy atom. The Kier molecular flexibility index (Phi) is 33.3. The number of hydroxylamine groups is 1. The molecular weight excluding hydrogens is 1500 g/mol. The summed E-state index contributed by atoms with van der Waals surface area (Å²) in [7, 11) is 8.96. The minimum absolute atomic E-state index is 0.0300. The number of carbonyl (C=O) groups excluding carboxylic acids is 4. The van der Waals surface area contributed by atoms with Crippen LogP contribution in [0.1, 0.15) is 155 Å². The van der Waals surface area contributed by atoms with Crippen LogP contribution in [0.2, 0.25) is 0 Å². The highest BCUT2D eigenvalue weighted by molar-refractivity contribution is 14.1. The van der Waals surface area contributed by atoms with Crippen molar-refractivity contribution in [2.24, 2.45) is 23.0 Å². The van der Waals surface area contributed by atoms with Gasteiger partial charge in [0.15, 0.2) is 30.4 Å². The van der Waals surface area contributed by atoms with Gasteiger partial charge in [-0.15, -0.1) is 0 Å². The highest BCUT2D eigenvalue weighted by Gasteiger charge is 2.78. The van der Waals surface area contributed by atoms with Gasteiger partial charge in [-0.2, -0.15) is 5.48 Å². The summed E-state index contributed by atoms with van der Waals surface area (Å²) in [6.07, 6.45) is -4.63. The fourth-order valence-electron chi connectivity index (χ4n) is 15.1. The van der Waals surface area contributed by atoms with Gasteiger partial charge < -0.3 is 93.5 Å². The number of halogens is 1. The maximum atomic E-state index is 14.6. The van der Waals surface area contributed by atoms with E-state index in [0.29, 0.717) is 50.8 Å². The standard InChI is InChI=1S/C74H111IN4O21S3/c1-14-79(38-47(81)25-20-18-16-15-17-19-21-31-77-32-23-30-76)50-39-93-55(36-54(50)89-10)98-67-62(85)60(44(7)95-72(67)97-53-26-22-24-41(4)27-29-73-49(34-42(5)80)52(83)37-74(73,88)48(58(53)73)28-33-101-103-40(2)3)78-100-56-35-51(82)69(46(9)94-56)102-70(87)57-43(6)59(75)65(68(92-13)64(57)90-11)99-71-63(86)66(91-12)61(84)45(8)96-71/h24,28,40,44-46,49-51,53-56,58,60-63,66-67,69,71-72,77-78,82,84-86,88H,14-21,23,25,30-39,76H2,1-13H3/b41-24-,48-28+/t44-,45+,46-,49?,50+,51+,53+,54+,55+,56+,58?,60-,61+,62+,63-,66-,67-,69-,71+,72+,73?,74+/m1/s1. The number of hydrogen-bond acceptors (Lipinski definition) is 28. The van der Waals surface area contributed by atoms with Crippen LogP contribution in [0.5, 0.6) is 17.2 Å². The van der Waals surface area contributed by atoms with Crippen molar-refractivity contribution in [2.45, 2.75) is 266 Å². The molecule has 6 fully saturated rings. The summed E-state index contributed by atoms with van der Waals surface area (Å²) in [6, 6.07) is -1.41. The fraction of sp³-hybridized carbons (Fsp3) is 0.757. The van der Waals surface area contributed by atoms with Crippen molar-refractivity contribution in [3.63, 3.8) is 0 Å². The average Bonchev–Trinajstić information content (AvgIpc) is 1.54. The van der Waals surface area contributed by atoms with Crippen molar-refractivity contribution in [2.75, 3.05) is 73.5 Å². The van der Waals surface area contributed by atoms with Gasteiger partial charge in [0.25, 0.3) is 0 Å². The zero-order valence-corrected chi connectivity index (χ0v) is 66.4. The number of likely N-dealkylation sites (N-methyl/N-ethyl adjacent to an activating group) is 1. The third kappa shape index (κ3) is 20.3. The lowest BCUT2D eigenvalue weighted by Crippen LogP contribution is -2.69. The first-order valence-electron chi connectivity index (χ1n) is 36.2. The second-order valence-electron chi connectivity index (χ2n) is 28.1. The number of aliphatic hydroxyl groups is 5. The molecule has 3 aliphatic carbocycles. The number of rotatable bonds is 38. The van der Waals surface area contributed by atoms with Crippen LogP contribution in [-0.4, -0.2) is 247 Å². The van der Waals surface area contributed by atoms with E-state index in [2.05, 4.69) is 53.2 Å². The SMILES string of the molecule is CCN(CC(=O)CCCCCCCCCNCCCN)[C@H]1CO[C@@H](O[C@H]2[C@H](O[C@H]3C#C/C=C(/C)C#CC45C(CC(C)=O)C(=O)C[C@]4(O)/C(=C/CSSC(C)C)C35)O[C@H](C)[C@@H](NO[C@H]3C[C@H](O)[C@H](SC(=O)c4c(C)c(I)c(O[C@@H]5O[C@@H](C)[C@H](O)[C@@H](OC)[C@H]5O)c(OC)c4OC)[C@@H](C)O3)[C@@H]2O)C[C@@H]1OC. The number of aliphatic hydroxyl groups excluding tert-OH is 4. The van der Waals surface area contributed by atoms with Gasteiger partial charge in [-0.3, -0.25) is 24.1 Å². The molecule has 1 aromatic rings. The number of ether oxygens (including phenoxy) is 11. The quantitative estimate of drug-likeness (QED) is 0.00856. The number of hydrogen-bond donors (Lipinski definition) is 8. The summed E-state index contributed by atoms with van der Waals surface area (Å²) in [5.74, 6) is 11.3. The normalized spacial score (nSPS) is 35.1. The average molecular weight is 1620 g/mol. The molecule has 1 aromatic carbocycles. The molecule has 7 aliphatic rings. The van der Waals surface area contributed by atoms with Gasteiger partial charge in [-0.1, -0.05) is 116 Å². The van der Waals surface area contributed by atoms with E-state index in [1.54, 1.807) is 69.4 Å². The molecule has 0 bridgehead atoms. The van der Waals surface area contributed by atoms with E-state index in [0.717, 1.165) is 63.4 Å². The molecule has 2 saturated carbocycles. The lowest BCUT2D eigenvalue weighted by atomic mass is 9.44. The third-order valence-corrected chi connectivity index (χ3v) is 26.1. The molecule has 0 aromatic heterocycles. The number of nitrogens with two attached hydrogens (primary N) is 1. The number of unbranched alkanes of at least 4 members (excludes halogenated alkanes) is 6. The Morgan fingerprint density at radius 2 is 1.55 bits per heavy atom. The molecule has 0 amide bonds. The fourth-order valence-corrected chi connectivity index (χ4v) is 18.8. The van der Waals surface area contributed by atoms with Crippen LogP contribution in [0.15, 0.2) is 23.3 Å². The predicted octanol–water partition coefficient (Wildman–Crippen LogP) is 6.66. The van der Waals surface area contributed by atoms with Crippen molar-refractivity contribution in [1.29, 1.82) is 0 Å². The van der Waals surface area contributed by atoms with Gasteiger partial charge in [0, 0.05) is 74.7 Å². The summed E-state index contributed by atoms with van der Waals surface area (Å²) in [6.45, 7) is 19.6. The molecule has 4 saturated heterocycles. The minimum atomic E-state index is -1.76. The topological polar surface area (TPSA) is 334 Å². The Balaban J connectivity index is 1.000. The van der Waals surface area contributed by atoms with Crippen molar-refractivity contribution in [3.05, 3.63) is 38.0 Å². The summed E-state index contributed by atoms with van der Waals surface area (Å²) in [4.78, 5) is 64.0. The predicted molar refractivity (Wildman–Crippen MR) is 400 cm³/mol. The van der Waals surface area contributed by atoms with Crippen molar-refractivity contribution in [1.82, 2.24) is 15.7 Å². The number of benzene rings is 1. The molecule has 578 valence electrons. The van der Waals surface area contributed by atoms with E-state index in [4.69, 9.17) is 62.7 Å². The van der Waals surface area contributed by atoms with Gasteiger partial charge in [0.1, 0.15) is 59.6 Å². The molecule has 8 rings (SSSR count). The molecule has 4 heterocycles. The lowest BCUT2D eigenvalue weighted by Gasteiger charge is -2.60. The van der Waals surface area contributed by atoms with Crippen LogP contribution in [0.4, 0.5) is 0 Å². The van der Waals surface area contributed by atoms with Gasteiger partial charge in [0.2, 0.25) is 17.2 Å². The van der Waals surface area contributed by atoms with E-state index in [1.165, 1.54) is 41.1 Å². The first-order valence-corrected chi connectivity index (χ1v) is 40.6. The zero-order chi connectivity index (χ0) is 75.0. The van der Waals surface area contributed by atoms with E-state index in [-0.39, 0.29) is 85.0 Å². The molecule has 1 spiro atoms. The Morgan fingerprint density at radius 3 is 2.21 bits per heavy atom. The summed E-state index contributed by atoms with van der Waals surface area (Å²) < 4.78 is 69.5. The number of nitrogens with one attached hydrogen (secondary N) is 2. The molecule has 0 radical (unpaired) electrons. The zero-order valence-electron chi connectivity index (χ0n) is 61.8. The molecular formula is C74H111IN4O21S3. The summed E-state index contributed by atoms with van der Waals surface area (Å²) in [5.41, 5.74) is 6.95. The minimum Gasteiger partial charge on any atom is -0.492 e. The molecule has 9 N–H and O–H groups in total. The third-order valence-electron chi connectivity index (χ3n) is 20.6. The Bertz CT molecular complexity index is 3210. The second-order valence-corrected chi connectivity index (χ2v) is 33.3. The smallest absolute Gasteiger partial charge is 0.229 e. The van der Waals surface area contributed by atoms with Crippen LogP contribution in [-0.2, 0) is 57.1 Å². The van der Waals surface area contributed by atoms with Gasteiger partial charge in [-0.05, 0) is 127 Å². The molecule has 22 atom stereocenters. The lowest BCUT2D eigenvalue weighted by molar-refractivity contribution is -0.344. The maximum Gasteiger partial charge on any atom is 0.229 e. The summed E-state index contributed by atoms with van der Waals surface area (Å²) in [5, 5.41) is 62.0. The number of methoxy groups -OCH3 is 4. The number of nitrogens with zero attached hydrogens (tertiary/aromatic N) is 1.